The van der Waals surface area contributed by atoms with E-state index in [9.17, 15) is 4.79 Å². The summed E-state index contributed by atoms with van der Waals surface area (Å²) in [4.78, 5) is 15.5. The largest absolute Gasteiger partial charge is 0.497 e. The molecule has 1 aliphatic rings. The van der Waals surface area contributed by atoms with Gasteiger partial charge in [-0.3, -0.25) is 4.79 Å². The Hall–Kier alpha value is -2.89. The molecular formula is C26H29NO4. The number of hydrogen-bond donors (Lipinski definition) is 0. The van der Waals surface area contributed by atoms with Crippen molar-refractivity contribution in [1.82, 2.24) is 0 Å². The lowest BCUT2D eigenvalue weighted by atomic mass is 9.97. The van der Waals surface area contributed by atoms with Crippen LogP contribution in [0.2, 0.25) is 0 Å². The molecule has 0 spiro atoms. The molecular weight excluding hydrogens is 390 g/mol. The van der Waals surface area contributed by atoms with Gasteiger partial charge in [0.2, 0.25) is 0 Å². The van der Waals surface area contributed by atoms with E-state index in [1.165, 1.54) is 0 Å². The highest BCUT2D eigenvalue weighted by Crippen LogP contribution is 2.32. The molecule has 3 aromatic rings. The fourth-order valence-electron chi connectivity index (χ4n) is 4.06. The van der Waals surface area contributed by atoms with Gasteiger partial charge in [0.05, 0.1) is 20.3 Å². The Balaban J connectivity index is 1.62. The Morgan fingerprint density at radius 1 is 1.00 bits per heavy atom. The number of ketones is 1. The molecule has 0 radical (unpaired) electrons. The van der Waals surface area contributed by atoms with E-state index in [0.29, 0.717) is 19.6 Å². The predicted molar refractivity (Wildman–Crippen MR) is 123 cm³/mol. The maximum Gasteiger partial charge on any atom is 0.184 e. The van der Waals surface area contributed by atoms with Crippen LogP contribution in [0, 0.1) is 0 Å². The van der Waals surface area contributed by atoms with Crippen LogP contribution in [-0.2, 0) is 15.9 Å². The van der Waals surface area contributed by atoms with Gasteiger partial charge in [0.25, 0.3) is 0 Å². The molecule has 0 atom stereocenters. The topological polar surface area (TPSA) is 48.0 Å². The van der Waals surface area contributed by atoms with Crippen molar-refractivity contribution in [2.75, 3.05) is 38.3 Å². The summed E-state index contributed by atoms with van der Waals surface area (Å²) in [5, 5.41) is 2.14. The number of Topliss-reactive ketones (excluding diaryl/α,β-unsaturated/α-hetero) is 1. The summed E-state index contributed by atoms with van der Waals surface area (Å²) in [7, 11) is 1.67. The van der Waals surface area contributed by atoms with Crippen molar-refractivity contribution < 1.29 is 19.0 Å². The summed E-state index contributed by atoms with van der Waals surface area (Å²) in [5.74, 6) is 0.919. The molecule has 0 aromatic heterocycles. The predicted octanol–water partition coefficient (Wildman–Crippen LogP) is 5.17. The van der Waals surface area contributed by atoms with Crippen LogP contribution in [0.4, 0.5) is 5.69 Å². The number of methoxy groups -OCH3 is 1. The molecule has 0 saturated carbocycles. The zero-order valence-electron chi connectivity index (χ0n) is 18.4. The third kappa shape index (κ3) is 4.58. The van der Waals surface area contributed by atoms with Gasteiger partial charge in [-0.15, -0.1) is 0 Å². The van der Waals surface area contributed by atoms with Crippen molar-refractivity contribution in [1.29, 1.82) is 0 Å². The molecule has 3 aromatic carbocycles. The first-order chi connectivity index (χ1) is 15.1. The molecule has 0 amide bonds. The number of carbonyl (C=O) groups is 1. The summed E-state index contributed by atoms with van der Waals surface area (Å²) in [5.41, 5.74) is 3.75. The number of anilines is 1. The average molecular weight is 420 g/mol. The molecule has 0 aliphatic carbocycles. The van der Waals surface area contributed by atoms with Crippen LogP contribution in [0.3, 0.4) is 0 Å². The van der Waals surface area contributed by atoms with Crippen molar-refractivity contribution in [2.24, 2.45) is 0 Å². The molecule has 1 aliphatic heterocycles. The highest BCUT2D eigenvalue weighted by atomic mass is 16.7. The minimum atomic E-state index is -0.293. The van der Waals surface area contributed by atoms with E-state index >= 15 is 0 Å². The third-order valence-corrected chi connectivity index (χ3v) is 5.80. The monoisotopic (exact) mass is 419 g/mol. The van der Waals surface area contributed by atoms with Gasteiger partial charge >= 0.3 is 0 Å². The van der Waals surface area contributed by atoms with Gasteiger partial charge in [-0.2, -0.15) is 0 Å². The smallest absolute Gasteiger partial charge is 0.184 e. The molecule has 4 rings (SSSR count). The molecule has 5 heteroatoms. The van der Waals surface area contributed by atoms with Crippen LogP contribution in [0.5, 0.6) is 5.75 Å². The van der Waals surface area contributed by atoms with Gasteiger partial charge in [0, 0.05) is 41.7 Å². The number of benzene rings is 3. The van der Waals surface area contributed by atoms with Crippen molar-refractivity contribution in [2.45, 2.75) is 26.6 Å². The minimum Gasteiger partial charge on any atom is -0.497 e. The molecule has 0 bridgehead atoms. The second-order valence-corrected chi connectivity index (χ2v) is 7.67. The normalized spacial score (nSPS) is 14.2. The number of nitrogens with zero attached hydrogens (tertiary/aromatic N) is 1. The number of rotatable bonds is 8. The van der Waals surface area contributed by atoms with Gasteiger partial charge in [0.1, 0.15) is 5.75 Å². The summed E-state index contributed by atoms with van der Waals surface area (Å²) >= 11 is 0. The van der Waals surface area contributed by atoms with Crippen molar-refractivity contribution in [3.05, 3.63) is 71.3 Å². The Morgan fingerprint density at radius 2 is 1.71 bits per heavy atom. The number of fused-ring (bicyclic) bond motifs is 1. The van der Waals surface area contributed by atoms with Gasteiger partial charge in [0.15, 0.2) is 12.1 Å². The summed E-state index contributed by atoms with van der Waals surface area (Å²) in [6.07, 6.45) is 0.0605. The van der Waals surface area contributed by atoms with Crippen LogP contribution in [-0.4, -0.2) is 39.2 Å². The molecule has 5 nitrogen and oxygen atoms in total. The van der Waals surface area contributed by atoms with Gasteiger partial charge in [-0.25, -0.2) is 0 Å². The Bertz CT molecular complexity index is 1050. The van der Waals surface area contributed by atoms with Gasteiger partial charge in [-0.05, 0) is 49.1 Å². The lowest BCUT2D eigenvalue weighted by Crippen LogP contribution is -2.22. The maximum atomic E-state index is 13.2. The first-order valence-electron chi connectivity index (χ1n) is 10.8. The van der Waals surface area contributed by atoms with Crippen molar-refractivity contribution in [3.8, 4) is 5.75 Å². The summed E-state index contributed by atoms with van der Waals surface area (Å²) in [6.45, 7) is 7.23. The van der Waals surface area contributed by atoms with E-state index in [2.05, 4.69) is 18.7 Å². The van der Waals surface area contributed by atoms with E-state index in [1.807, 2.05) is 54.6 Å². The lowest BCUT2D eigenvalue weighted by molar-refractivity contribution is -0.0441. The van der Waals surface area contributed by atoms with Crippen LogP contribution < -0.4 is 9.64 Å². The lowest BCUT2D eigenvalue weighted by Gasteiger charge is -2.24. The van der Waals surface area contributed by atoms with Crippen LogP contribution >= 0.6 is 0 Å². The Labute approximate surface area is 183 Å². The van der Waals surface area contributed by atoms with Gasteiger partial charge < -0.3 is 19.1 Å². The number of hydrogen-bond acceptors (Lipinski definition) is 5. The molecule has 0 N–H and O–H groups in total. The van der Waals surface area contributed by atoms with E-state index in [0.717, 1.165) is 52.0 Å². The van der Waals surface area contributed by atoms with Crippen molar-refractivity contribution >= 4 is 22.2 Å². The van der Waals surface area contributed by atoms with Crippen LogP contribution in [0.25, 0.3) is 10.8 Å². The zero-order chi connectivity index (χ0) is 21.8. The number of carbonyl (C=O) groups excluding carboxylic acids is 1. The molecule has 1 fully saturated rings. The minimum absolute atomic E-state index is 0.104. The fourth-order valence-corrected chi connectivity index (χ4v) is 4.06. The first-order valence-corrected chi connectivity index (χ1v) is 10.8. The number of ether oxygens (including phenoxy) is 3. The molecule has 1 heterocycles. The SMILES string of the molecule is CCN(CC)c1cc(C(=O)Cc2ccc(C3OCCO3)cc2)cc2ccc(OC)cc12. The Kier molecular flexibility index (Phi) is 6.54. The quantitative estimate of drug-likeness (QED) is 0.472. The van der Waals surface area contributed by atoms with Crippen LogP contribution in [0.15, 0.2) is 54.6 Å². The zero-order valence-corrected chi connectivity index (χ0v) is 18.4. The van der Waals surface area contributed by atoms with Gasteiger partial charge in [-0.1, -0.05) is 30.3 Å². The molecule has 31 heavy (non-hydrogen) atoms. The highest BCUT2D eigenvalue weighted by Gasteiger charge is 2.19. The standard InChI is InChI=1S/C26H29NO4/c1-4-27(5-2)24-16-21(15-20-10-11-22(29-3)17-23(20)24)25(28)14-18-6-8-19(9-7-18)26-30-12-13-31-26/h6-11,15-17,26H,4-5,12-14H2,1-3H3. The Morgan fingerprint density at radius 3 is 2.35 bits per heavy atom. The van der Waals surface area contributed by atoms with Crippen molar-refractivity contribution in [3.63, 3.8) is 0 Å². The first kappa shape index (κ1) is 21.3. The fraction of sp³-hybridized carbons (Fsp3) is 0.346. The van der Waals surface area contributed by atoms with E-state index < -0.39 is 0 Å². The van der Waals surface area contributed by atoms with E-state index in [-0.39, 0.29) is 12.1 Å². The summed E-state index contributed by atoms with van der Waals surface area (Å²) < 4.78 is 16.5. The third-order valence-electron chi connectivity index (χ3n) is 5.80. The molecule has 0 unspecified atom stereocenters. The molecule has 1 saturated heterocycles. The molecule has 162 valence electrons. The highest BCUT2D eigenvalue weighted by molar-refractivity contribution is 6.05. The van der Waals surface area contributed by atoms with E-state index in [4.69, 9.17) is 14.2 Å². The second-order valence-electron chi connectivity index (χ2n) is 7.67. The average Bonchev–Trinajstić information content (AvgIpc) is 3.35. The second kappa shape index (κ2) is 9.50. The maximum absolute atomic E-state index is 13.2. The van der Waals surface area contributed by atoms with Crippen LogP contribution in [0.1, 0.15) is 41.6 Å². The summed E-state index contributed by atoms with van der Waals surface area (Å²) in [6, 6.07) is 17.9. The van der Waals surface area contributed by atoms with E-state index in [1.54, 1.807) is 7.11 Å².